The summed E-state index contributed by atoms with van der Waals surface area (Å²) in [7, 11) is 0. The van der Waals surface area contributed by atoms with Crippen molar-refractivity contribution >= 4 is 23.3 Å². The second-order valence-corrected chi connectivity index (χ2v) is 6.24. The van der Waals surface area contributed by atoms with Crippen molar-refractivity contribution in [1.29, 1.82) is 0 Å². The Balaban J connectivity index is 2.11. The molecule has 1 N–H and O–H groups in total. The first-order valence-corrected chi connectivity index (χ1v) is 8.31. The molecule has 5 nitrogen and oxygen atoms in total. The molecule has 0 aliphatic heterocycles. The van der Waals surface area contributed by atoms with Gasteiger partial charge in [-0.25, -0.2) is 4.98 Å². The molecule has 0 bridgehead atoms. The Morgan fingerprint density at radius 1 is 1.36 bits per heavy atom. The molecule has 2 aromatic rings. The first kappa shape index (κ1) is 16.5. The van der Waals surface area contributed by atoms with Gasteiger partial charge in [0.15, 0.2) is 16.7 Å². The monoisotopic (exact) mass is 319 g/mol. The van der Waals surface area contributed by atoms with Gasteiger partial charge >= 0.3 is 0 Å². The summed E-state index contributed by atoms with van der Waals surface area (Å²) < 4.78 is 2.05. The molecule has 6 heteroatoms. The van der Waals surface area contributed by atoms with E-state index in [1.807, 2.05) is 24.6 Å². The van der Waals surface area contributed by atoms with Gasteiger partial charge in [-0.05, 0) is 32.8 Å². The van der Waals surface area contributed by atoms with Crippen LogP contribution in [0.5, 0.6) is 0 Å². The van der Waals surface area contributed by atoms with Gasteiger partial charge in [0.1, 0.15) is 0 Å². The maximum Gasteiger partial charge on any atom is 0.189 e. The van der Waals surface area contributed by atoms with Crippen molar-refractivity contribution in [3.05, 3.63) is 34.9 Å². The number of carbonyl (C=O) groups excluding carboxylic acids is 2. The van der Waals surface area contributed by atoms with Gasteiger partial charge in [-0.1, -0.05) is 18.7 Å². The van der Waals surface area contributed by atoms with Crippen LogP contribution in [0.1, 0.15) is 52.4 Å². The lowest BCUT2D eigenvalue weighted by Gasteiger charge is -2.05. The summed E-state index contributed by atoms with van der Waals surface area (Å²) in [6, 6.07) is 0. The molecule has 0 atom stereocenters. The third kappa shape index (κ3) is 3.32. The zero-order valence-corrected chi connectivity index (χ0v) is 14.2. The molecule has 0 amide bonds. The van der Waals surface area contributed by atoms with Crippen LogP contribution in [0.2, 0.25) is 0 Å². The predicted molar refractivity (Wildman–Crippen MR) is 87.8 cm³/mol. The molecular formula is C16H21N3O2S. The normalized spacial score (nSPS) is 10.9. The van der Waals surface area contributed by atoms with Crippen LogP contribution in [-0.4, -0.2) is 31.9 Å². The van der Waals surface area contributed by atoms with E-state index < -0.39 is 0 Å². The van der Waals surface area contributed by atoms with E-state index in [1.165, 1.54) is 18.7 Å². The van der Waals surface area contributed by atoms with Crippen LogP contribution in [0.3, 0.4) is 0 Å². The van der Waals surface area contributed by atoms with E-state index in [4.69, 9.17) is 0 Å². The molecule has 2 aromatic heterocycles. The van der Waals surface area contributed by atoms with Gasteiger partial charge in [0.05, 0.1) is 11.4 Å². The fourth-order valence-corrected chi connectivity index (χ4v) is 3.46. The summed E-state index contributed by atoms with van der Waals surface area (Å²) in [6.07, 6.45) is 4.70. The summed E-state index contributed by atoms with van der Waals surface area (Å²) in [6.45, 7) is 8.16. The lowest BCUT2D eigenvalue weighted by atomic mass is 10.1. The Morgan fingerprint density at radius 2 is 2.09 bits per heavy atom. The van der Waals surface area contributed by atoms with Gasteiger partial charge in [0.2, 0.25) is 0 Å². The van der Waals surface area contributed by atoms with Gasteiger partial charge < -0.3 is 9.55 Å². The van der Waals surface area contributed by atoms with Crippen molar-refractivity contribution in [3.8, 4) is 0 Å². The minimum atomic E-state index is -0.0172. The molecule has 22 heavy (non-hydrogen) atoms. The van der Waals surface area contributed by atoms with E-state index in [-0.39, 0.29) is 11.6 Å². The fraction of sp³-hybridized carbons (Fsp3) is 0.438. The van der Waals surface area contributed by atoms with Crippen molar-refractivity contribution in [3.63, 3.8) is 0 Å². The highest BCUT2D eigenvalue weighted by atomic mass is 32.2. The van der Waals surface area contributed by atoms with Crippen LogP contribution < -0.4 is 0 Å². The van der Waals surface area contributed by atoms with E-state index in [0.29, 0.717) is 17.0 Å². The number of aryl methyl sites for hydroxylation is 2. The molecule has 118 valence electrons. The number of aromatic nitrogens is 3. The number of ketones is 2. The van der Waals surface area contributed by atoms with Crippen molar-refractivity contribution in [1.82, 2.24) is 14.5 Å². The average Bonchev–Trinajstić information content (AvgIpc) is 3.01. The van der Waals surface area contributed by atoms with Crippen LogP contribution in [-0.2, 0) is 6.54 Å². The van der Waals surface area contributed by atoms with Crippen LogP contribution >= 0.6 is 11.8 Å². The van der Waals surface area contributed by atoms with E-state index in [0.717, 1.165) is 29.4 Å². The second kappa shape index (κ2) is 6.96. The number of H-pyrrole nitrogens is 1. The first-order valence-electron chi connectivity index (χ1n) is 7.32. The summed E-state index contributed by atoms with van der Waals surface area (Å²) in [5, 5.41) is 0.850. The summed E-state index contributed by atoms with van der Waals surface area (Å²) in [4.78, 5) is 31.4. The van der Waals surface area contributed by atoms with Crippen molar-refractivity contribution < 1.29 is 9.59 Å². The maximum absolute atomic E-state index is 12.4. The maximum atomic E-state index is 12.4. The Kier molecular flexibility index (Phi) is 5.24. The zero-order chi connectivity index (χ0) is 16.3. The smallest absolute Gasteiger partial charge is 0.189 e. The lowest BCUT2D eigenvalue weighted by molar-refractivity contribution is 0.101. The predicted octanol–water partition coefficient (Wildman–Crippen LogP) is 3.42. The first-order chi connectivity index (χ1) is 10.5. The number of hydrogen-bond donors (Lipinski definition) is 1. The number of rotatable bonds is 7. The van der Waals surface area contributed by atoms with Gasteiger partial charge in [-0.2, -0.15) is 0 Å². The highest BCUT2D eigenvalue weighted by Crippen LogP contribution is 2.22. The number of imidazole rings is 1. The van der Waals surface area contributed by atoms with E-state index in [1.54, 1.807) is 6.20 Å². The second-order valence-electron chi connectivity index (χ2n) is 5.30. The lowest BCUT2D eigenvalue weighted by Crippen LogP contribution is -2.07. The van der Waals surface area contributed by atoms with Crippen LogP contribution in [0.25, 0.3) is 0 Å². The minimum Gasteiger partial charge on any atom is -0.355 e. The van der Waals surface area contributed by atoms with Crippen LogP contribution in [0, 0.1) is 13.8 Å². The molecule has 0 spiro atoms. The minimum absolute atomic E-state index is 0.0100. The number of thioether (sulfide) groups is 1. The van der Waals surface area contributed by atoms with Crippen molar-refractivity contribution in [2.75, 3.05) is 5.75 Å². The molecule has 0 unspecified atom stereocenters. The Morgan fingerprint density at radius 3 is 2.68 bits per heavy atom. The highest BCUT2D eigenvalue weighted by Gasteiger charge is 2.20. The Hall–Kier alpha value is -1.82. The Bertz CT molecular complexity index is 700. The highest BCUT2D eigenvalue weighted by molar-refractivity contribution is 7.99. The third-order valence-electron chi connectivity index (χ3n) is 3.54. The van der Waals surface area contributed by atoms with Gasteiger partial charge in [0.25, 0.3) is 0 Å². The SMILES string of the molecule is CCCn1ccnc1SCC(=O)c1[nH]c(C)c(C(C)=O)c1C. The zero-order valence-electron chi connectivity index (χ0n) is 13.4. The molecule has 2 rings (SSSR count). The van der Waals surface area contributed by atoms with E-state index in [9.17, 15) is 9.59 Å². The molecule has 0 aliphatic carbocycles. The largest absolute Gasteiger partial charge is 0.355 e. The molecule has 0 fully saturated rings. The Labute approximate surface area is 134 Å². The summed E-state index contributed by atoms with van der Waals surface area (Å²) in [5.41, 5.74) is 2.66. The summed E-state index contributed by atoms with van der Waals surface area (Å²) >= 11 is 1.43. The molecule has 0 saturated carbocycles. The molecule has 0 aromatic carbocycles. The van der Waals surface area contributed by atoms with Gasteiger partial charge in [-0.15, -0.1) is 0 Å². The van der Waals surface area contributed by atoms with E-state index in [2.05, 4.69) is 16.9 Å². The van der Waals surface area contributed by atoms with Gasteiger partial charge in [0, 0.05) is 30.2 Å². The quantitative estimate of drug-likeness (QED) is 0.627. The van der Waals surface area contributed by atoms with Crippen LogP contribution in [0.15, 0.2) is 17.6 Å². The topological polar surface area (TPSA) is 67.8 Å². The molecule has 0 saturated heterocycles. The third-order valence-corrected chi connectivity index (χ3v) is 4.55. The van der Waals surface area contributed by atoms with Crippen molar-refractivity contribution in [2.45, 2.75) is 45.8 Å². The standard InChI is InChI=1S/C16H21N3O2S/c1-5-7-19-8-6-17-16(19)22-9-13(21)15-10(2)14(12(4)20)11(3)18-15/h6,8,18H,5,7,9H2,1-4H3. The van der Waals surface area contributed by atoms with E-state index >= 15 is 0 Å². The molecule has 0 radical (unpaired) electrons. The van der Waals surface area contributed by atoms with Gasteiger partial charge in [-0.3, -0.25) is 9.59 Å². The average molecular weight is 319 g/mol. The number of carbonyl (C=O) groups is 2. The molecular weight excluding hydrogens is 298 g/mol. The number of hydrogen-bond acceptors (Lipinski definition) is 4. The number of nitrogens with zero attached hydrogens (tertiary/aromatic N) is 2. The van der Waals surface area contributed by atoms with Crippen molar-refractivity contribution in [2.24, 2.45) is 0 Å². The summed E-state index contributed by atoms with van der Waals surface area (Å²) in [5.74, 6) is 0.277. The molecule has 0 aliphatic rings. The number of Topliss-reactive ketones (excluding diaryl/α,β-unsaturated/α-hetero) is 2. The molecule has 2 heterocycles. The van der Waals surface area contributed by atoms with Crippen LogP contribution in [0.4, 0.5) is 0 Å². The number of aromatic amines is 1. The number of nitrogens with one attached hydrogen (secondary N) is 1. The fourth-order valence-electron chi connectivity index (χ4n) is 2.61.